The third-order valence-corrected chi connectivity index (χ3v) is 4.32. The molecule has 22 heavy (non-hydrogen) atoms. The van der Waals surface area contributed by atoms with E-state index in [0.717, 1.165) is 19.3 Å². The van der Waals surface area contributed by atoms with Crippen molar-refractivity contribution in [1.29, 1.82) is 0 Å². The van der Waals surface area contributed by atoms with Gasteiger partial charge in [-0.2, -0.15) is 0 Å². The molecule has 1 aliphatic rings. The van der Waals surface area contributed by atoms with E-state index >= 15 is 0 Å². The second-order valence-corrected chi connectivity index (χ2v) is 6.28. The van der Waals surface area contributed by atoms with Crippen molar-refractivity contribution >= 4 is 5.91 Å². The third-order valence-electron chi connectivity index (χ3n) is 4.32. The Balaban J connectivity index is 1.86. The Kier molecular flexibility index (Phi) is 4.01. The molecule has 0 radical (unpaired) electrons. The van der Waals surface area contributed by atoms with Gasteiger partial charge < -0.3 is 9.84 Å². The van der Waals surface area contributed by atoms with Crippen LogP contribution in [0, 0.1) is 6.92 Å². The normalized spacial score (nSPS) is 17.4. The van der Waals surface area contributed by atoms with Crippen LogP contribution in [-0.2, 0) is 6.42 Å². The molecule has 3 rings (SSSR count). The van der Waals surface area contributed by atoms with Crippen LogP contribution in [0.4, 0.5) is 0 Å². The van der Waals surface area contributed by atoms with Crippen molar-refractivity contribution in [2.45, 2.75) is 52.0 Å². The van der Waals surface area contributed by atoms with Gasteiger partial charge in [-0.05, 0) is 37.3 Å². The Morgan fingerprint density at radius 1 is 1.36 bits per heavy atom. The first-order valence-corrected chi connectivity index (χ1v) is 7.92. The minimum atomic E-state index is -0.0795. The van der Waals surface area contributed by atoms with Crippen molar-refractivity contribution in [3.63, 3.8) is 0 Å². The highest BCUT2D eigenvalue weighted by atomic mass is 16.5. The number of nitrogens with one attached hydrogen (secondary N) is 1. The van der Waals surface area contributed by atoms with Crippen molar-refractivity contribution in [2.24, 2.45) is 0 Å². The van der Waals surface area contributed by atoms with E-state index < -0.39 is 0 Å². The molecule has 1 unspecified atom stereocenters. The number of aromatic nitrogens is 1. The van der Waals surface area contributed by atoms with Crippen molar-refractivity contribution in [3.05, 3.63) is 52.4 Å². The van der Waals surface area contributed by atoms with Gasteiger partial charge in [0.2, 0.25) is 0 Å². The predicted octanol–water partition coefficient (Wildman–Crippen LogP) is 3.91. The van der Waals surface area contributed by atoms with Gasteiger partial charge in [-0.1, -0.05) is 43.3 Å². The summed E-state index contributed by atoms with van der Waals surface area (Å²) in [6.45, 7) is 5.83. The topological polar surface area (TPSA) is 55.1 Å². The van der Waals surface area contributed by atoms with Gasteiger partial charge in [0, 0.05) is 5.92 Å². The summed E-state index contributed by atoms with van der Waals surface area (Å²) in [4.78, 5) is 12.7. The molecule has 0 fully saturated rings. The van der Waals surface area contributed by atoms with Crippen LogP contribution in [0.1, 0.15) is 71.6 Å². The Bertz CT molecular complexity index is 688. The van der Waals surface area contributed by atoms with Crippen LogP contribution in [0.15, 0.2) is 28.8 Å². The van der Waals surface area contributed by atoms with Crippen LogP contribution in [0.2, 0.25) is 0 Å². The van der Waals surface area contributed by atoms with E-state index in [1.807, 2.05) is 26.8 Å². The van der Waals surface area contributed by atoms with Crippen molar-refractivity contribution in [3.8, 4) is 0 Å². The fourth-order valence-electron chi connectivity index (χ4n) is 3.19. The van der Waals surface area contributed by atoms with Gasteiger partial charge in [-0.25, -0.2) is 0 Å². The van der Waals surface area contributed by atoms with Gasteiger partial charge in [0.15, 0.2) is 5.76 Å². The Hall–Kier alpha value is -2.10. The first-order chi connectivity index (χ1) is 10.6. The average Bonchev–Trinajstić information content (AvgIpc) is 2.90. The first-order valence-electron chi connectivity index (χ1n) is 7.92. The van der Waals surface area contributed by atoms with Crippen LogP contribution >= 0.6 is 0 Å². The second-order valence-electron chi connectivity index (χ2n) is 6.28. The molecule has 4 heteroatoms. The number of fused-ring (bicyclic) bond motifs is 1. The zero-order valence-corrected chi connectivity index (χ0v) is 13.3. The highest BCUT2D eigenvalue weighted by Crippen LogP contribution is 2.30. The van der Waals surface area contributed by atoms with E-state index in [0.29, 0.717) is 17.0 Å². The largest absolute Gasteiger partial charge is 0.360 e. The molecule has 1 atom stereocenters. The quantitative estimate of drug-likeness (QED) is 0.934. The summed E-state index contributed by atoms with van der Waals surface area (Å²) in [5.41, 5.74) is 3.83. The maximum Gasteiger partial charge on any atom is 0.257 e. The van der Waals surface area contributed by atoms with E-state index in [-0.39, 0.29) is 17.9 Å². The molecule has 1 aromatic carbocycles. The van der Waals surface area contributed by atoms with E-state index in [4.69, 9.17) is 4.52 Å². The van der Waals surface area contributed by atoms with E-state index in [1.54, 1.807) is 0 Å². The van der Waals surface area contributed by atoms with Gasteiger partial charge in [0.05, 0.1) is 11.7 Å². The fraction of sp³-hybridized carbons (Fsp3) is 0.444. The van der Waals surface area contributed by atoms with Crippen LogP contribution in [0.5, 0.6) is 0 Å². The third kappa shape index (κ3) is 2.65. The molecule has 0 spiro atoms. The number of aryl methyl sites for hydroxylation is 2. The standard InChI is InChI=1S/C18H22N2O2/c1-11(2)17-16(12(3)20-22-17)18(21)19-15-10-6-8-13-7-4-5-9-14(13)15/h4-5,7,9,11,15H,6,8,10H2,1-3H3,(H,19,21). The number of rotatable bonds is 3. The summed E-state index contributed by atoms with van der Waals surface area (Å²) in [7, 11) is 0. The molecule has 2 aromatic rings. The van der Waals surface area contributed by atoms with Crippen LogP contribution < -0.4 is 5.32 Å². The average molecular weight is 298 g/mol. The first kappa shape index (κ1) is 14.8. The maximum atomic E-state index is 12.7. The molecule has 0 saturated heterocycles. The zero-order valence-electron chi connectivity index (χ0n) is 13.3. The molecule has 4 nitrogen and oxygen atoms in total. The molecule has 1 heterocycles. The summed E-state index contributed by atoms with van der Waals surface area (Å²) in [6.07, 6.45) is 3.16. The fourth-order valence-corrected chi connectivity index (χ4v) is 3.19. The summed E-state index contributed by atoms with van der Waals surface area (Å²) < 4.78 is 5.33. The minimum Gasteiger partial charge on any atom is -0.360 e. The van der Waals surface area contributed by atoms with E-state index in [1.165, 1.54) is 11.1 Å². The molecule has 116 valence electrons. The molecule has 1 aliphatic carbocycles. The van der Waals surface area contributed by atoms with Crippen LogP contribution in [0.25, 0.3) is 0 Å². The van der Waals surface area contributed by atoms with Crippen LogP contribution in [-0.4, -0.2) is 11.1 Å². The lowest BCUT2D eigenvalue weighted by atomic mass is 9.87. The minimum absolute atomic E-state index is 0.0757. The number of amides is 1. The lowest BCUT2D eigenvalue weighted by molar-refractivity contribution is 0.0929. The van der Waals surface area contributed by atoms with E-state index in [9.17, 15) is 4.79 Å². The smallest absolute Gasteiger partial charge is 0.257 e. The molecule has 1 aromatic heterocycles. The number of carbonyl (C=O) groups is 1. The predicted molar refractivity (Wildman–Crippen MR) is 84.9 cm³/mol. The maximum absolute atomic E-state index is 12.7. The monoisotopic (exact) mass is 298 g/mol. The van der Waals surface area contributed by atoms with Crippen molar-refractivity contribution in [2.75, 3.05) is 0 Å². The summed E-state index contributed by atoms with van der Waals surface area (Å²) in [6, 6.07) is 8.44. The summed E-state index contributed by atoms with van der Waals surface area (Å²) in [5.74, 6) is 0.726. The van der Waals surface area contributed by atoms with Gasteiger partial charge in [-0.15, -0.1) is 0 Å². The lowest BCUT2D eigenvalue weighted by Crippen LogP contribution is -2.31. The Labute approximate surface area is 130 Å². The second kappa shape index (κ2) is 5.95. The molecule has 0 aliphatic heterocycles. The van der Waals surface area contributed by atoms with Crippen molar-refractivity contribution in [1.82, 2.24) is 10.5 Å². The molecule has 0 saturated carbocycles. The molecule has 1 amide bonds. The number of nitrogens with zero attached hydrogens (tertiary/aromatic N) is 1. The summed E-state index contributed by atoms with van der Waals surface area (Å²) >= 11 is 0. The molecular weight excluding hydrogens is 276 g/mol. The molecule has 0 bridgehead atoms. The van der Waals surface area contributed by atoms with Gasteiger partial charge in [-0.3, -0.25) is 4.79 Å². The van der Waals surface area contributed by atoms with Gasteiger partial charge >= 0.3 is 0 Å². The number of hydrogen-bond acceptors (Lipinski definition) is 3. The highest BCUT2D eigenvalue weighted by molar-refractivity contribution is 5.96. The Morgan fingerprint density at radius 2 is 2.14 bits per heavy atom. The molecular formula is C18H22N2O2. The zero-order chi connectivity index (χ0) is 15.7. The Morgan fingerprint density at radius 3 is 2.91 bits per heavy atom. The molecule has 1 N–H and O–H groups in total. The van der Waals surface area contributed by atoms with Crippen LogP contribution in [0.3, 0.4) is 0 Å². The van der Waals surface area contributed by atoms with Gasteiger partial charge in [0.25, 0.3) is 5.91 Å². The SMILES string of the molecule is Cc1noc(C(C)C)c1C(=O)NC1CCCc2ccccc21. The van der Waals surface area contributed by atoms with Crippen molar-refractivity contribution < 1.29 is 9.32 Å². The van der Waals surface area contributed by atoms with Gasteiger partial charge in [0.1, 0.15) is 5.56 Å². The summed E-state index contributed by atoms with van der Waals surface area (Å²) in [5, 5.41) is 7.14. The number of hydrogen-bond donors (Lipinski definition) is 1. The lowest BCUT2D eigenvalue weighted by Gasteiger charge is -2.26. The number of carbonyl (C=O) groups excluding carboxylic acids is 1. The van der Waals surface area contributed by atoms with E-state index in [2.05, 4.69) is 28.7 Å². The highest BCUT2D eigenvalue weighted by Gasteiger charge is 2.27. The number of benzene rings is 1.